The molecule has 2 aliphatic heterocycles. The highest BCUT2D eigenvalue weighted by Gasteiger charge is 2.38. The molecule has 0 bridgehead atoms. The Bertz CT molecular complexity index is 2560. The van der Waals surface area contributed by atoms with Crippen molar-refractivity contribution in [2.75, 3.05) is 27.3 Å². The zero-order chi connectivity index (χ0) is 45.9. The molecule has 2 aliphatic rings. The number of hydrogen-bond acceptors (Lipinski definition) is 10. The van der Waals surface area contributed by atoms with Crippen LogP contribution in [0.1, 0.15) is 75.1 Å². The van der Waals surface area contributed by atoms with Crippen LogP contribution < -0.4 is 14.2 Å². The highest BCUT2D eigenvalue weighted by atomic mass is 35.5. The van der Waals surface area contributed by atoms with Crippen LogP contribution in [0.2, 0.25) is 15.5 Å². The number of aliphatic hydroxyl groups is 1. The molecule has 2 saturated heterocycles. The molecule has 4 aromatic heterocycles. The summed E-state index contributed by atoms with van der Waals surface area (Å²) in [5, 5.41) is 21.2. The Balaban J connectivity index is 0.000000175. The zero-order valence-corrected chi connectivity index (χ0v) is 39.5. The fourth-order valence-corrected chi connectivity index (χ4v) is 8.71. The summed E-state index contributed by atoms with van der Waals surface area (Å²) in [5.74, 6) is 2.43. The Morgan fingerprint density at radius 1 is 0.667 bits per heavy atom. The van der Waals surface area contributed by atoms with E-state index in [0.29, 0.717) is 47.3 Å². The van der Waals surface area contributed by atoms with E-state index in [4.69, 9.17) is 49.0 Å². The third-order valence-corrected chi connectivity index (χ3v) is 12.9. The molecule has 336 valence electrons. The summed E-state index contributed by atoms with van der Waals surface area (Å²) >= 11 is 17.9. The van der Waals surface area contributed by atoms with E-state index in [0.717, 1.165) is 55.8 Å². The van der Waals surface area contributed by atoms with E-state index in [1.54, 1.807) is 42.6 Å². The fraction of sp³-hybridized carbons (Fsp3) is 0.435. The molecule has 0 radical (unpaired) electrons. The normalized spacial score (nSPS) is 18.1. The molecule has 1 N–H and O–H groups in total. The number of carbonyl (C=O) groups is 2. The number of pyridine rings is 2. The van der Waals surface area contributed by atoms with Crippen molar-refractivity contribution in [2.24, 2.45) is 25.9 Å². The number of carbonyl (C=O) groups excluding carboxylic acids is 2. The van der Waals surface area contributed by atoms with Gasteiger partial charge in [-0.2, -0.15) is 10.2 Å². The Morgan fingerprint density at radius 2 is 1.10 bits per heavy atom. The van der Waals surface area contributed by atoms with Gasteiger partial charge in [-0.05, 0) is 76.9 Å². The lowest BCUT2D eigenvalue weighted by atomic mass is 10.0. The smallest absolute Gasteiger partial charge is 0.226 e. The second-order valence-corrected chi connectivity index (χ2v) is 17.3. The first kappa shape index (κ1) is 47.3. The number of nitrogens with zero attached hydrogens (tertiary/aromatic N) is 8. The summed E-state index contributed by atoms with van der Waals surface area (Å²) in [5.41, 5.74) is 5.64. The van der Waals surface area contributed by atoms with Crippen LogP contribution in [-0.4, -0.2) is 95.8 Å². The molecule has 6 aromatic rings. The third kappa shape index (κ3) is 10.6. The van der Waals surface area contributed by atoms with Gasteiger partial charge >= 0.3 is 0 Å². The predicted octanol–water partition coefficient (Wildman–Crippen LogP) is 8.88. The van der Waals surface area contributed by atoms with Gasteiger partial charge in [0.05, 0.1) is 48.7 Å². The minimum Gasteiger partial charge on any atom is -0.497 e. The number of fused-ring (bicyclic) bond motifs is 2. The van der Waals surface area contributed by atoms with Crippen LogP contribution in [0.25, 0.3) is 21.8 Å². The van der Waals surface area contributed by atoms with E-state index < -0.39 is 6.10 Å². The summed E-state index contributed by atoms with van der Waals surface area (Å²) in [6, 6.07) is 19.0. The van der Waals surface area contributed by atoms with Gasteiger partial charge in [0.15, 0.2) is 0 Å². The van der Waals surface area contributed by atoms with Crippen molar-refractivity contribution >= 4 is 68.4 Å². The number of benzene rings is 2. The van der Waals surface area contributed by atoms with Crippen molar-refractivity contribution in [3.63, 3.8) is 0 Å². The third-order valence-electron chi connectivity index (χ3n) is 12.2. The predicted molar refractivity (Wildman–Crippen MR) is 246 cm³/mol. The molecule has 2 amide bonds. The van der Waals surface area contributed by atoms with Crippen LogP contribution >= 0.6 is 34.8 Å². The van der Waals surface area contributed by atoms with Crippen LogP contribution in [0.4, 0.5) is 0 Å². The SMILES string of the molecule is COc1ccc([C@H](C)N2C[C@H]([C@@H](C)O)CC2=O)cc1.COc1ccc([C@H](C)N2C[C@H]([C@@H](C)Oc3nc(Cl)cc4nn(C)c(C)c34)CC2=O)cc1.Cc1c2c(Cl)nc(Cl)cc2nn1C. The Morgan fingerprint density at radius 3 is 1.56 bits per heavy atom. The van der Waals surface area contributed by atoms with E-state index in [1.807, 2.05) is 100 Å². The van der Waals surface area contributed by atoms with Crippen LogP contribution in [-0.2, 0) is 23.7 Å². The summed E-state index contributed by atoms with van der Waals surface area (Å²) in [7, 11) is 7.02. The first-order chi connectivity index (χ1) is 29.9. The van der Waals surface area contributed by atoms with Crippen LogP contribution in [0.15, 0.2) is 60.7 Å². The second kappa shape index (κ2) is 20.1. The second-order valence-electron chi connectivity index (χ2n) is 16.2. The lowest BCUT2D eigenvalue weighted by Crippen LogP contribution is -2.31. The van der Waals surface area contributed by atoms with Crippen LogP contribution in [0.5, 0.6) is 17.4 Å². The van der Waals surface area contributed by atoms with Gasteiger partial charge in [-0.1, -0.05) is 59.1 Å². The van der Waals surface area contributed by atoms with Gasteiger partial charge < -0.3 is 29.1 Å². The summed E-state index contributed by atoms with van der Waals surface area (Å²) in [6.07, 6.45) is 0.248. The van der Waals surface area contributed by atoms with Crippen molar-refractivity contribution < 1.29 is 28.9 Å². The first-order valence-electron chi connectivity index (χ1n) is 20.8. The fourth-order valence-electron chi connectivity index (χ4n) is 7.97. The minimum atomic E-state index is -0.433. The molecule has 0 saturated carbocycles. The molecule has 0 unspecified atom stereocenters. The highest BCUT2D eigenvalue weighted by molar-refractivity contribution is 6.36. The van der Waals surface area contributed by atoms with Crippen molar-refractivity contribution in [1.82, 2.24) is 39.3 Å². The summed E-state index contributed by atoms with van der Waals surface area (Å²) in [6.45, 7) is 13.0. The van der Waals surface area contributed by atoms with Crippen molar-refractivity contribution in [3.05, 3.63) is 98.6 Å². The lowest BCUT2D eigenvalue weighted by molar-refractivity contribution is -0.130. The molecule has 6 atom stereocenters. The average molecular weight is 922 g/mol. The van der Waals surface area contributed by atoms with Gasteiger partial charge in [0.1, 0.15) is 38.6 Å². The van der Waals surface area contributed by atoms with Crippen LogP contribution in [0, 0.1) is 25.7 Å². The topological polar surface area (TPSA) is 150 Å². The van der Waals surface area contributed by atoms with E-state index in [-0.39, 0.29) is 41.8 Å². The Hall–Kier alpha value is -5.15. The number of amides is 2. The lowest BCUT2D eigenvalue weighted by Gasteiger charge is -2.26. The van der Waals surface area contributed by atoms with Gasteiger partial charge in [-0.3, -0.25) is 19.0 Å². The van der Waals surface area contributed by atoms with Gasteiger partial charge in [0, 0.05) is 75.4 Å². The molecular formula is C46H55Cl3N8O6. The maximum atomic E-state index is 12.8. The maximum absolute atomic E-state index is 12.8. The molecule has 2 fully saturated rings. The Labute approximate surface area is 383 Å². The number of ether oxygens (including phenoxy) is 3. The Kier molecular flexibility index (Phi) is 15.1. The molecular weight excluding hydrogens is 867 g/mol. The number of rotatable bonds is 10. The maximum Gasteiger partial charge on any atom is 0.226 e. The molecule has 17 heteroatoms. The van der Waals surface area contributed by atoms with Gasteiger partial charge in [0.2, 0.25) is 17.7 Å². The van der Waals surface area contributed by atoms with Crippen molar-refractivity contribution in [1.29, 1.82) is 0 Å². The molecule has 63 heavy (non-hydrogen) atoms. The molecule has 6 heterocycles. The minimum absolute atomic E-state index is 0.0211. The average Bonchev–Trinajstić information content (AvgIpc) is 4.00. The molecule has 8 rings (SSSR count). The van der Waals surface area contributed by atoms with Gasteiger partial charge in [0.25, 0.3) is 0 Å². The zero-order valence-electron chi connectivity index (χ0n) is 37.3. The molecule has 0 spiro atoms. The standard InChI is InChI=1S/C23H27ClN4O3.C15H21NO3.C8H7Cl2N3/c1-13(16-6-8-18(30-5)9-7-16)28-12-17(10-21(28)29)15(3)31-23-22-14(2)27(4)26-19(22)11-20(24)25-23;1-10(12-4-6-14(19-3)7-5-12)16-9-13(11(2)17)8-15(16)18;1-4-7-5(12-13(4)2)3-6(9)11-8(7)10/h6-9,11,13,15,17H,10,12H2,1-5H3;4-7,10-11,13,17H,8-9H2,1-3H3;3H,1-2H3/t13-,15+,17+;10-,11+,13+;/m00./s1. The van der Waals surface area contributed by atoms with Gasteiger partial charge in [-0.25, -0.2) is 9.97 Å². The molecule has 14 nitrogen and oxygen atoms in total. The number of aryl methyl sites for hydroxylation is 4. The van der Waals surface area contributed by atoms with E-state index in [2.05, 4.69) is 27.1 Å². The van der Waals surface area contributed by atoms with Crippen molar-refractivity contribution in [3.8, 4) is 17.4 Å². The largest absolute Gasteiger partial charge is 0.497 e. The quantitative estimate of drug-likeness (QED) is 0.132. The monoisotopic (exact) mass is 920 g/mol. The first-order valence-corrected chi connectivity index (χ1v) is 21.9. The number of halogens is 3. The number of methoxy groups -OCH3 is 2. The van der Waals surface area contributed by atoms with E-state index >= 15 is 0 Å². The van der Waals surface area contributed by atoms with E-state index in [9.17, 15) is 14.7 Å². The summed E-state index contributed by atoms with van der Waals surface area (Å²) < 4.78 is 20.2. The highest BCUT2D eigenvalue weighted by Crippen LogP contribution is 2.35. The van der Waals surface area contributed by atoms with Crippen LogP contribution in [0.3, 0.4) is 0 Å². The summed E-state index contributed by atoms with van der Waals surface area (Å²) in [4.78, 5) is 36.9. The van der Waals surface area contributed by atoms with E-state index in [1.165, 1.54) is 0 Å². The molecule has 0 aliphatic carbocycles. The molecule has 2 aromatic carbocycles. The number of hydrogen-bond donors (Lipinski definition) is 1. The van der Waals surface area contributed by atoms with Crippen molar-refractivity contribution in [2.45, 2.75) is 78.7 Å². The van der Waals surface area contributed by atoms with Gasteiger partial charge in [-0.15, -0.1) is 0 Å². The number of likely N-dealkylation sites (tertiary alicyclic amines) is 2. The number of aliphatic hydroxyl groups excluding tert-OH is 1. The number of aromatic nitrogens is 6.